The van der Waals surface area contributed by atoms with Gasteiger partial charge >= 0.3 is 0 Å². The summed E-state index contributed by atoms with van der Waals surface area (Å²) in [7, 11) is 1.74. The zero-order valence-corrected chi connectivity index (χ0v) is 18.6. The second-order valence-corrected chi connectivity index (χ2v) is 8.77. The quantitative estimate of drug-likeness (QED) is 0.311. The minimum atomic E-state index is -0.469. The molecule has 0 radical (unpaired) electrons. The third kappa shape index (κ3) is 4.36. The number of hydrogen-bond donors (Lipinski definition) is 0. The van der Waals surface area contributed by atoms with E-state index >= 15 is 0 Å². The predicted octanol–water partition coefficient (Wildman–Crippen LogP) is 5.18. The van der Waals surface area contributed by atoms with Crippen LogP contribution in [-0.4, -0.2) is 27.8 Å². The summed E-state index contributed by atoms with van der Waals surface area (Å²) in [6.07, 6.45) is 0. The third-order valence-corrected chi connectivity index (χ3v) is 6.19. The van der Waals surface area contributed by atoms with Crippen molar-refractivity contribution < 1.29 is 4.79 Å². The maximum atomic E-state index is 13.3. The number of rotatable bonds is 5. The first-order valence-electron chi connectivity index (χ1n) is 9.72. The van der Waals surface area contributed by atoms with Gasteiger partial charge in [-0.05, 0) is 49.4 Å². The number of fused-ring (bicyclic) bond motifs is 1. The molecule has 1 amide bonds. The van der Waals surface area contributed by atoms with Gasteiger partial charge in [-0.1, -0.05) is 59.8 Å². The van der Waals surface area contributed by atoms with Crippen molar-refractivity contribution in [2.24, 2.45) is 0 Å². The van der Waals surface area contributed by atoms with Crippen molar-refractivity contribution in [2.75, 3.05) is 11.9 Å². The highest BCUT2D eigenvalue weighted by atomic mass is 35.5. The molecule has 1 aromatic heterocycles. The molecule has 3 aromatic carbocycles. The lowest BCUT2D eigenvalue weighted by Gasteiger charge is -2.22. The molecule has 156 valence electrons. The Morgan fingerprint density at radius 3 is 2.48 bits per heavy atom. The highest BCUT2D eigenvalue weighted by Crippen LogP contribution is 2.27. The summed E-state index contributed by atoms with van der Waals surface area (Å²) in [4.78, 5) is 32.7. The number of thioether (sulfide) groups is 1. The van der Waals surface area contributed by atoms with E-state index in [0.717, 1.165) is 5.69 Å². The lowest BCUT2D eigenvalue weighted by molar-refractivity contribution is -0.117. The fraction of sp³-hybridized carbons (Fsp3) is 0.125. The first-order chi connectivity index (χ1) is 15.0. The van der Waals surface area contributed by atoms with E-state index in [9.17, 15) is 9.59 Å². The van der Waals surface area contributed by atoms with Crippen molar-refractivity contribution in [3.63, 3.8) is 0 Å². The Morgan fingerprint density at radius 1 is 1.03 bits per heavy atom. The van der Waals surface area contributed by atoms with E-state index in [1.165, 1.54) is 16.3 Å². The number of hydrogen-bond acceptors (Lipinski definition) is 4. The van der Waals surface area contributed by atoms with Gasteiger partial charge in [0, 0.05) is 17.8 Å². The van der Waals surface area contributed by atoms with E-state index in [1.54, 1.807) is 48.3 Å². The van der Waals surface area contributed by atoms with Gasteiger partial charge in [0.2, 0.25) is 5.91 Å². The molecule has 4 rings (SSSR count). The number of amides is 1. The van der Waals surface area contributed by atoms with Gasteiger partial charge < -0.3 is 4.90 Å². The Balaban J connectivity index is 1.77. The molecule has 0 saturated carbocycles. The van der Waals surface area contributed by atoms with Gasteiger partial charge in [-0.15, -0.1) is 0 Å². The number of para-hydroxylation sites is 2. The van der Waals surface area contributed by atoms with Crippen LogP contribution in [0.1, 0.15) is 6.92 Å². The molecule has 0 aliphatic rings. The van der Waals surface area contributed by atoms with E-state index in [1.807, 2.05) is 49.4 Å². The summed E-state index contributed by atoms with van der Waals surface area (Å²) >= 11 is 7.43. The average molecular weight is 450 g/mol. The van der Waals surface area contributed by atoms with Crippen molar-refractivity contribution in [1.29, 1.82) is 0 Å². The Morgan fingerprint density at radius 2 is 1.74 bits per heavy atom. The van der Waals surface area contributed by atoms with Crippen LogP contribution in [0.3, 0.4) is 0 Å². The van der Waals surface area contributed by atoms with Gasteiger partial charge in [0.05, 0.1) is 21.8 Å². The number of aromatic nitrogens is 2. The first-order valence-corrected chi connectivity index (χ1v) is 11.0. The fourth-order valence-electron chi connectivity index (χ4n) is 3.29. The highest BCUT2D eigenvalue weighted by molar-refractivity contribution is 8.00. The monoisotopic (exact) mass is 449 g/mol. The largest absolute Gasteiger partial charge is 0.315 e. The topological polar surface area (TPSA) is 55.2 Å². The first kappa shape index (κ1) is 21.2. The van der Waals surface area contributed by atoms with Gasteiger partial charge in [0.25, 0.3) is 5.56 Å². The van der Waals surface area contributed by atoms with Crippen molar-refractivity contribution in [3.8, 4) is 5.69 Å². The Labute approximate surface area is 189 Å². The molecule has 0 saturated heterocycles. The maximum Gasteiger partial charge on any atom is 0.266 e. The van der Waals surface area contributed by atoms with Gasteiger partial charge in [0.15, 0.2) is 5.16 Å². The number of anilines is 1. The Kier molecular flexibility index (Phi) is 6.11. The normalized spacial score (nSPS) is 12.0. The molecule has 0 aliphatic carbocycles. The van der Waals surface area contributed by atoms with Crippen LogP contribution in [0.2, 0.25) is 5.02 Å². The van der Waals surface area contributed by atoms with Crippen LogP contribution in [-0.2, 0) is 4.79 Å². The van der Waals surface area contributed by atoms with E-state index in [2.05, 4.69) is 0 Å². The molecule has 0 fully saturated rings. The molecule has 5 nitrogen and oxygen atoms in total. The van der Waals surface area contributed by atoms with E-state index in [4.69, 9.17) is 16.6 Å². The number of halogens is 1. The third-order valence-electron chi connectivity index (χ3n) is 4.92. The van der Waals surface area contributed by atoms with Gasteiger partial charge in [-0.2, -0.15) is 0 Å². The SMILES string of the molecule is C[C@@H](Sc1nc2ccccc2c(=O)n1-c1cccc(Cl)c1)C(=O)N(C)c1ccccc1. The lowest BCUT2D eigenvalue weighted by Crippen LogP contribution is -2.33. The molecule has 1 atom stereocenters. The van der Waals surface area contributed by atoms with Crippen LogP contribution in [0.25, 0.3) is 16.6 Å². The van der Waals surface area contributed by atoms with E-state index < -0.39 is 5.25 Å². The Bertz CT molecular complexity index is 1310. The minimum absolute atomic E-state index is 0.0868. The van der Waals surface area contributed by atoms with E-state index in [0.29, 0.717) is 26.8 Å². The van der Waals surface area contributed by atoms with Crippen molar-refractivity contribution >= 4 is 45.9 Å². The van der Waals surface area contributed by atoms with Crippen LogP contribution in [0.5, 0.6) is 0 Å². The van der Waals surface area contributed by atoms with Gasteiger partial charge in [-0.3, -0.25) is 14.2 Å². The number of benzene rings is 3. The molecule has 0 N–H and O–H groups in total. The van der Waals surface area contributed by atoms with Crippen molar-refractivity contribution in [3.05, 3.63) is 94.2 Å². The molecule has 0 spiro atoms. The van der Waals surface area contributed by atoms with Gasteiger partial charge in [-0.25, -0.2) is 4.98 Å². The average Bonchev–Trinajstić information content (AvgIpc) is 2.79. The second kappa shape index (κ2) is 8.96. The lowest BCUT2D eigenvalue weighted by atomic mass is 10.2. The standard InChI is InChI=1S/C24H20ClN3O2S/c1-16(22(29)27(2)18-10-4-3-5-11-18)31-24-26-21-14-7-6-13-20(21)23(30)28(24)19-12-8-9-17(25)15-19/h3-16H,1-2H3/t16-/m1/s1. The zero-order chi connectivity index (χ0) is 22.0. The van der Waals surface area contributed by atoms with Crippen LogP contribution in [0.4, 0.5) is 5.69 Å². The summed E-state index contributed by atoms with van der Waals surface area (Å²) < 4.78 is 1.52. The number of carbonyl (C=O) groups excluding carboxylic acids is 1. The van der Waals surface area contributed by atoms with Crippen molar-refractivity contribution in [2.45, 2.75) is 17.3 Å². The van der Waals surface area contributed by atoms with Crippen LogP contribution in [0.15, 0.2) is 88.8 Å². The number of carbonyl (C=O) groups is 1. The van der Waals surface area contributed by atoms with Crippen LogP contribution < -0.4 is 10.5 Å². The molecule has 0 aliphatic heterocycles. The van der Waals surface area contributed by atoms with Crippen molar-refractivity contribution in [1.82, 2.24) is 9.55 Å². The molecule has 1 heterocycles. The maximum absolute atomic E-state index is 13.3. The number of nitrogens with zero attached hydrogens (tertiary/aromatic N) is 3. The van der Waals surface area contributed by atoms with Crippen LogP contribution >= 0.6 is 23.4 Å². The fourth-order valence-corrected chi connectivity index (χ4v) is 4.50. The summed E-state index contributed by atoms with van der Waals surface area (Å²) in [6, 6.07) is 23.7. The highest BCUT2D eigenvalue weighted by Gasteiger charge is 2.23. The second-order valence-electron chi connectivity index (χ2n) is 7.02. The molecule has 0 unspecified atom stereocenters. The molecular weight excluding hydrogens is 430 g/mol. The summed E-state index contributed by atoms with van der Waals surface area (Å²) in [6.45, 7) is 1.82. The zero-order valence-electron chi connectivity index (χ0n) is 17.0. The minimum Gasteiger partial charge on any atom is -0.315 e. The molecule has 0 bridgehead atoms. The summed E-state index contributed by atoms with van der Waals surface area (Å²) in [5.74, 6) is -0.0868. The summed E-state index contributed by atoms with van der Waals surface area (Å²) in [5.41, 5.74) is 1.80. The summed E-state index contributed by atoms with van der Waals surface area (Å²) in [5, 5.41) is 0.991. The van der Waals surface area contributed by atoms with Gasteiger partial charge in [0.1, 0.15) is 0 Å². The van der Waals surface area contributed by atoms with E-state index in [-0.39, 0.29) is 11.5 Å². The molecule has 31 heavy (non-hydrogen) atoms. The molecule has 4 aromatic rings. The van der Waals surface area contributed by atoms with Crippen LogP contribution in [0, 0.1) is 0 Å². The Hall–Kier alpha value is -3.09. The molecular formula is C24H20ClN3O2S. The predicted molar refractivity (Wildman–Crippen MR) is 128 cm³/mol. The molecule has 7 heteroatoms. The smallest absolute Gasteiger partial charge is 0.266 e.